The third kappa shape index (κ3) is 2.94. The average Bonchev–Trinajstić information content (AvgIpc) is 2.97. The predicted molar refractivity (Wildman–Crippen MR) is 80.8 cm³/mol. The fraction of sp³-hybridized carbons (Fsp3) is 0.133. The number of fused-ring (bicyclic) bond motifs is 1. The number of carboxylic acid groups (broad SMARTS) is 1. The molecule has 8 heteroatoms. The van der Waals surface area contributed by atoms with E-state index in [4.69, 9.17) is 21.4 Å². The zero-order chi connectivity index (χ0) is 16.8. The standard InChI is InChI=1S/C15H8ClF3O3S/c16-8-4-7-5-10(14(20)21)13(15(17,18)19)22-12(7)9(6-8)11-2-1-3-23-11/h1-6,13H,(H,20,21). The summed E-state index contributed by atoms with van der Waals surface area (Å²) >= 11 is 7.32. The average molecular weight is 361 g/mol. The van der Waals surface area contributed by atoms with Crippen molar-refractivity contribution in [1.82, 2.24) is 0 Å². The Balaban J connectivity index is 2.22. The van der Waals surface area contributed by atoms with Crippen LogP contribution in [0.4, 0.5) is 13.2 Å². The van der Waals surface area contributed by atoms with Crippen LogP contribution in [0.5, 0.6) is 5.75 Å². The number of rotatable bonds is 2. The summed E-state index contributed by atoms with van der Waals surface area (Å²) in [7, 11) is 0. The van der Waals surface area contributed by atoms with E-state index in [1.54, 1.807) is 17.5 Å². The van der Waals surface area contributed by atoms with Crippen molar-refractivity contribution in [3.63, 3.8) is 0 Å². The molecular weight excluding hydrogens is 353 g/mol. The first-order valence-electron chi connectivity index (χ1n) is 6.33. The van der Waals surface area contributed by atoms with Gasteiger partial charge >= 0.3 is 12.1 Å². The molecule has 1 aromatic carbocycles. The van der Waals surface area contributed by atoms with Crippen LogP contribution in [0, 0.1) is 0 Å². The number of carboxylic acids is 1. The van der Waals surface area contributed by atoms with Crippen LogP contribution in [0.2, 0.25) is 5.02 Å². The van der Waals surface area contributed by atoms with Gasteiger partial charge in [0.25, 0.3) is 0 Å². The van der Waals surface area contributed by atoms with Gasteiger partial charge in [0, 0.05) is 21.0 Å². The molecule has 120 valence electrons. The number of benzene rings is 1. The first-order chi connectivity index (χ1) is 10.8. The summed E-state index contributed by atoms with van der Waals surface area (Å²) in [5.74, 6) is -1.71. The molecule has 1 aromatic heterocycles. The molecule has 0 saturated carbocycles. The van der Waals surface area contributed by atoms with Crippen molar-refractivity contribution in [3.05, 3.63) is 45.8 Å². The Labute approximate surface area is 137 Å². The summed E-state index contributed by atoms with van der Waals surface area (Å²) < 4.78 is 44.5. The molecule has 2 heterocycles. The van der Waals surface area contributed by atoms with E-state index in [2.05, 4.69) is 0 Å². The Morgan fingerprint density at radius 1 is 1.35 bits per heavy atom. The van der Waals surface area contributed by atoms with Gasteiger partial charge < -0.3 is 9.84 Å². The minimum absolute atomic E-state index is 0.0239. The highest BCUT2D eigenvalue weighted by Crippen LogP contribution is 2.45. The Hall–Kier alpha value is -1.99. The van der Waals surface area contributed by atoms with E-state index >= 15 is 0 Å². The van der Waals surface area contributed by atoms with Crippen LogP contribution in [-0.4, -0.2) is 23.4 Å². The van der Waals surface area contributed by atoms with Crippen molar-refractivity contribution in [2.75, 3.05) is 0 Å². The number of thiophene rings is 1. The van der Waals surface area contributed by atoms with Gasteiger partial charge in [0.1, 0.15) is 5.75 Å². The number of ether oxygens (including phenoxy) is 1. The van der Waals surface area contributed by atoms with E-state index in [1.807, 2.05) is 0 Å². The van der Waals surface area contributed by atoms with Gasteiger partial charge in [0.2, 0.25) is 6.10 Å². The van der Waals surface area contributed by atoms with E-state index in [-0.39, 0.29) is 16.3 Å². The minimum atomic E-state index is -4.84. The van der Waals surface area contributed by atoms with Gasteiger partial charge in [-0.3, -0.25) is 0 Å². The number of halogens is 4. The lowest BCUT2D eigenvalue weighted by atomic mass is 9.98. The monoisotopic (exact) mass is 360 g/mol. The second-order valence-electron chi connectivity index (χ2n) is 4.79. The van der Waals surface area contributed by atoms with Gasteiger partial charge in [-0.25, -0.2) is 4.79 Å². The molecular formula is C15H8ClF3O3S. The Kier molecular flexibility index (Phi) is 3.85. The van der Waals surface area contributed by atoms with Crippen molar-refractivity contribution >= 4 is 35.0 Å². The molecule has 1 aliphatic heterocycles. The molecule has 0 radical (unpaired) electrons. The molecule has 0 saturated heterocycles. The van der Waals surface area contributed by atoms with E-state index in [0.717, 1.165) is 6.08 Å². The number of hydrogen-bond donors (Lipinski definition) is 1. The lowest BCUT2D eigenvalue weighted by Crippen LogP contribution is -2.40. The van der Waals surface area contributed by atoms with E-state index < -0.39 is 23.8 Å². The van der Waals surface area contributed by atoms with Crippen molar-refractivity contribution in [2.45, 2.75) is 12.3 Å². The van der Waals surface area contributed by atoms with Crippen LogP contribution in [0.25, 0.3) is 16.5 Å². The molecule has 0 spiro atoms. The number of carbonyl (C=O) groups is 1. The normalized spacial score (nSPS) is 17.2. The van der Waals surface area contributed by atoms with Crippen molar-refractivity contribution in [3.8, 4) is 16.2 Å². The lowest BCUT2D eigenvalue weighted by Gasteiger charge is -2.28. The maximum Gasteiger partial charge on any atom is 0.430 e. The highest BCUT2D eigenvalue weighted by molar-refractivity contribution is 7.13. The third-order valence-electron chi connectivity index (χ3n) is 3.24. The van der Waals surface area contributed by atoms with Crippen LogP contribution in [-0.2, 0) is 4.79 Å². The summed E-state index contributed by atoms with van der Waals surface area (Å²) in [4.78, 5) is 11.8. The number of aliphatic carboxylic acids is 1. The lowest BCUT2D eigenvalue weighted by molar-refractivity contribution is -0.187. The largest absolute Gasteiger partial charge is 0.478 e. The van der Waals surface area contributed by atoms with E-state index in [0.29, 0.717) is 10.4 Å². The molecule has 1 aliphatic rings. The summed E-state index contributed by atoms with van der Waals surface area (Å²) in [6.07, 6.45) is -6.40. The first-order valence-corrected chi connectivity index (χ1v) is 7.59. The Morgan fingerprint density at radius 3 is 2.65 bits per heavy atom. The van der Waals surface area contributed by atoms with Gasteiger partial charge in [0.15, 0.2) is 0 Å². The van der Waals surface area contributed by atoms with Crippen LogP contribution >= 0.6 is 22.9 Å². The van der Waals surface area contributed by atoms with Crippen LogP contribution in [0.3, 0.4) is 0 Å². The molecule has 3 nitrogen and oxygen atoms in total. The van der Waals surface area contributed by atoms with Crippen LogP contribution in [0.15, 0.2) is 35.2 Å². The topological polar surface area (TPSA) is 46.5 Å². The quantitative estimate of drug-likeness (QED) is 0.832. The van der Waals surface area contributed by atoms with Gasteiger partial charge in [-0.1, -0.05) is 17.7 Å². The molecule has 0 bridgehead atoms. The SMILES string of the molecule is O=C(O)C1=Cc2cc(Cl)cc(-c3cccs3)c2OC1C(F)(F)F. The number of alkyl halides is 3. The predicted octanol–water partition coefficient (Wildman–Crippen LogP) is 4.86. The molecule has 3 rings (SSSR count). The molecule has 0 aliphatic carbocycles. The smallest absolute Gasteiger partial charge is 0.430 e. The molecule has 1 N–H and O–H groups in total. The maximum absolute atomic E-state index is 13.1. The van der Waals surface area contributed by atoms with Gasteiger partial charge in [-0.15, -0.1) is 11.3 Å². The summed E-state index contributed by atoms with van der Waals surface area (Å²) in [6.45, 7) is 0. The summed E-state index contributed by atoms with van der Waals surface area (Å²) in [5, 5.41) is 11.1. The molecule has 0 fully saturated rings. The van der Waals surface area contributed by atoms with Crippen LogP contribution in [0.1, 0.15) is 5.56 Å². The van der Waals surface area contributed by atoms with E-state index in [1.165, 1.54) is 23.5 Å². The van der Waals surface area contributed by atoms with Crippen molar-refractivity contribution in [1.29, 1.82) is 0 Å². The summed E-state index contributed by atoms with van der Waals surface area (Å²) in [5.41, 5.74) is -0.263. The minimum Gasteiger partial charge on any atom is -0.478 e. The number of hydrogen-bond acceptors (Lipinski definition) is 3. The first kappa shape index (κ1) is 15.9. The highest BCUT2D eigenvalue weighted by atomic mass is 35.5. The van der Waals surface area contributed by atoms with Crippen molar-refractivity contribution < 1.29 is 27.8 Å². The molecule has 1 unspecified atom stereocenters. The summed E-state index contributed by atoms with van der Waals surface area (Å²) in [6, 6.07) is 6.34. The molecule has 2 aromatic rings. The van der Waals surface area contributed by atoms with Gasteiger partial charge in [-0.2, -0.15) is 13.2 Å². The molecule has 0 amide bonds. The van der Waals surface area contributed by atoms with Gasteiger partial charge in [0.05, 0.1) is 5.57 Å². The fourth-order valence-electron chi connectivity index (χ4n) is 2.31. The van der Waals surface area contributed by atoms with E-state index in [9.17, 15) is 18.0 Å². The third-order valence-corrected chi connectivity index (χ3v) is 4.36. The Bertz CT molecular complexity index is 797. The Morgan fingerprint density at radius 2 is 2.09 bits per heavy atom. The highest BCUT2D eigenvalue weighted by Gasteiger charge is 2.48. The molecule has 23 heavy (non-hydrogen) atoms. The second-order valence-corrected chi connectivity index (χ2v) is 6.18. The maximum atomic E-state index is 13.1. The zero-order valence-electron chi connectivity index (χ0n) is 11.2. The second kappa shape index (κ2) is 5.58. The van der Waals surface area contributed by atoms with Crippen molar-refractivity contribution in [2.24, 2.45) is 0 Å². The fourth-order valence-corrected chi connectivity index (χ4v) is 3.28. The van der Waals surface area contributed by atoms with Crippen LogP contribution < -0.4 is 4.74 Å². The molecule has 1 atom stereocenters. The zero-order valence-corrected chi connectivity index (χ0v) is 12.8. The van der Waals surface area contributed by atoms with Gasteiger partial charge in [-0.05, 0) is 29.7 Å².